The molecular weight excluding hydrogens is 310 g/mol. The van der Waals surface area contributed by atoms with Crippen molar-refractivity contribution in [2.75, 3.05) is 13.1 Å². The molecule has 1 aliphatic rings. The number of ketones is 1. The Morgan fingerprint density at radius 1 is 1.44 bits per heavy atom. The van der Waals surface area contributed by atoms with E-state index in [0.717, 1.165) is 41.4 Å². The smallest absolute Gasteiger partial charge is 0.168 e. The SMILES string of the molecule is O=C(c1csc2c(Br)cccc12)C1CCCNC1. The van der Waals surface area contributed by atoms with Crippen LogP contribution in [-0.4, -0.2) is 18.9 Å². The van der Waals surface area contributed by atoms with Gasteiger partial charge in [-0.05, 0) is 41.4 Å². The molecule has 0 aliphatic carbocycles. The molecule has 2 heterocycles. The molecule has 1 saturated heterocycles. The number of fused-ring (bicyclic) bond motifs is 1. The average molecular weight is 324 g/mol. The molecule has 0 radical (unpaired) electrons. The first-order valence-electron chi connectivity index (χ1n) is 6.18. The van der Waals surface area contributed by atoms with Crippen LogP contribution in [0.1, 0.15) is 23.2 Å². The Labute approximate surface area is 119 Å². The molecule has 1 aliphatic heterocycles. The van der Waals surface area contributed by atoms with Gasteiger partial charge in [-0.2, -0.15) is 0 Å². The third-order valence-corrected chi connectivity index (χ3v) is 5.44. The zero-order valence-corrected chi connectivity index (χ0v) is 12.3. The lowest BCUT2D eigenvalue weighted by molar-refractivity contribution is 0.0902. The second-order valence-corrected chi connectivity index (χ2v) is 6.41. The fourth-order valence-corrected chi connectivity index (χ4v) is 4.12. The quantitative estimate of drug-likeness (QED) is 0.850. The summed E-state index contributed by atoms with van der Waals surface area (Å²) in [5.41, 5.74) is 0.894. The van der Waals surface area contributed by atoms with Gasteiger partial charge in [-0.25, -0.2) is 0 Å². The maximum Gasteiger partial charge on any atom is 0.168 e. The standard InChI is InChI=1S/C14H14BrNOS/c15-12-5-1-4-10-11(8-18-14(10)12)13(17)9-3-2-6-16-7-9/h1,4-5,8-9,16H,2-3,6-7H2. The van der Waals surface area contributed by atoms with Crippen molar-refractivity contribution in [3.8, 4) is 0 Å². The number of halogens is 1. The lowest BCUT2D eigenvalue weighted by Gasteiger charge is -2.21. The molecule has 1 aromatic heterocycles. The topological polar surface area (TPSA) is 29.1 Å². The van der Waals surface area contributed by atoms with Crippen LogP contribution in [0.3, 0.4) is 0 Å². The number of rotatable bonds is 2. The summed E-state index contributed by atoms with van der Waals surface area (Å²) in [5.74, 6) is 0.446. The minimum absolute atomic E-state index is 0.149. The van der Waals surface area contributed by atoms with Gasteiger partial charge in [-0.3, -0.25) is 4.79 Å². The lowest BCUT2D eigenvalue weighted by atomic mass is 9.91. The first kappa shape index (κ1) is 12.3. The summed E-state index contributed by atoms with van der Waals surface area (Å²) in [7, 11) is 0. The van der Waals surface area contributed by atoms with Gasteiger partial charge < -0.3 is 5.32 Å². The van der Waals surface area contributed by atoms with Crippen LogP contribution >= 0.6 is 27.3 Å². The van der Waals surface area contributed by atoms with Crippen molar-refractivity contribution in [3.05, 3.63) is 33.6 Å². The van der Waals surface area contributed by atoms with Crippen molar-refractivity contribution < 1.29 is 4.79 Å². The van der Waals surface area contributed by atoms with E-state index in [1.807, 2.05) is 23.6 Å². The molecule has 1 aromatic carbocycles. The van der Waals surface area contributed by atoms with Crippen molar-refractivity contribution in [1.82, 2.24) is 5.32 Å². The van der Waals surface area contributed by atoms with Gasteiger partial charge in [0.2, 0.25) is 0 Å². The van der Waals surface area contributed by atoms with E-state index < -0.39 is 0 Å². The van der Waals surface area contributed by atoms with Crippen LogP contribution in [0.25, 0.3) is 10.1 Å². The summed E-state index contributed by atoms with van der Waals surface area (Å²) < 4.78 is 2.25. The number of thiophene rings is 1. The molecule has 2 nitrogen and oxygen atoms in total. The molecule has 0 amide bonds. The van der Waals surface area contributed by atoms with E-state index in [2.05, 4.69) is 21.2 Å². The summed E-state index contributed by atoms with van der Waals surface area (Å²) in [6.07, 6.45) is 2.11. The van der Waals surface area contributed by atoms with E-state index >= 15 is 0 Å². The third kappa shape index (κ3) is 2.13. The monoisotopic (exact) mass is 323 g/mol. The van der Waals surface area contributed by atoms with Gasteiger partial charge in [0, 0.05) is 38.0 Å². The predicted molar refractivity (Wildman–Crippen MR) is 79.4 cm³/mol. The second kappa shape index (κ2) is 5.11. The van der Waals surface area contributed by atoms with Gasteiger partial charge in [0.15, 0.2) is 5.78 Å². The Morgan fingerprint density at radius 3 is 3.11 bits per heavy atom. The average Bonchev–Trinajstić information content (AvgIpc) is 2.84. The highest BCUT2D eigenvalue weighted by atomic mass is 79.9. The number of hydrogen-bond acceptors (Lipinski definition) is 3. The predicted octanol–water partition coefficient (Wildman–Crippen LogP) is 3.85. The van der Waals surface area contributed by atoms with E-state index in [-0.39, 0.29) is 5.92 Å². The van der Waals surface area contributed by atoms with E-state index in [1.54, 1.807) is 11.3 Å². The van der Waals surface area contributed by atoms with Crippen LogP contribution in [0, 0.1) is 5.92 Å². The van der Waals surface area contributed by atoms with Crippen molar-refractivity contribution in [1.29, 1.82) is 0 Å². The van der Waals surface area contributed by atoms with Gasteiger partial charge in [0.05, 0.1) is 0 Å². The number of Topliss-reactive ketones (excluding diaryl/α,β-unsaturated/α-hetero) is 1. The highest BCUT2D eigenvalue weighted by Gasteiger charge is 2.24. The first-order valence-corrected chi connectivity index (χ1v) is 7.85. The van der Waals surface area contributed by atoms with Gasteiger partial charge in [0.25, 0.3) is 0 Å². The highest BCUT2D eigenvalue weighted by Crippen LogP contribution is 2.33. The molecule has 1 N–H and O–H groups in total. The summed E-state index contributed by atoms with van der Waals surface area (Å²) in [5, 5.41) is 6.40. The van der Waals surface area contributed by atoms with Crippen LogP contribution in [-0.2, 0) is 0 Å². The Balaban J connectivity index is 1.98. The van der Waals surface area contributed by atoms with Crippen LogP contribution in [0.2, 0.25) is 0 Å². The number of carbonyl (C=O) groups excluding carboxylic acids is 1. The van der Waals surface area contributed by atoms with Crippen LogP contribution in [0.5, 0.6) is 0 Å². The minimum atomic E-state index is 0.149. The molecule has 1 unspecified atom stereocenters. The second-order valence-electron chi connectivity index (χ2n) is 4.67. The fourth-order valence-electron chi connectivity index (χ4n) is 2.51. The third-order valence-electron chi connectivity index (χ3n) is 3.48. The molecule has 1 fully saturated rings. The summed E-state index contributed by atoms with van der Waals surface area (Å²) in [6, 6.07) is 6.06. The van der Waals surface area contributed by atoms with Gasteiger partial charge >= 0.3 is 0 Å². The lowest BCUT2D eigenvalue weighted by Crippen LogP contribution is -2.34. The van der Waals surface area contributed by atoms with Crippen molar-refractivity contribution >= 4 is 43.1 Å². The number of hydrogen-bond donors (Lipinski definition) is 1. The molecule has 0 bridgehead atoms. The van der Waals surface area contributed by atoms with Gasteiger partial charge in [-0.15, -0.1) is 11.3 Å². The van der Waals surface area contributed by atoms with E-state index in [9.17, 15) is 4.79 Å². The van der Waals surface area contributed by atoms with E-state index in [1.165, 1.54) is 4.70 Å². The molecule has 94 valence electrons. The number of piperidine rings is 1. The van der Waals surface area contributed by atoms with E-state index in [4.69, 9.17) is 0 Å². The van der Waals surface area contributed by atoms with Crippen molar-refractivity contribution in [3.63, 3.8) is 0 Å². The molecule has 1 atom stereocenters. The molecule has 2 aromatic rings. The molecular formula is C14H14BrNOS. The Hall–Kier alpha value is -0.710. The Morgan fingerprint density at radius 2 is 2.33 bits per heavy atom. The molecule has 0 spiro atoms. The highest BCUT2D eigenvalue weighted by molar-refractivity contribution is 9.10. The Kier molecular flexibility index (Phi) is 3.50. The fraction of sp³-hybridized carbons (Fsp3) is 0.357. The van der Waals surface area contributed by atoms with Gasteiger partial charge in [-0.1, -0.05) is 12.1 Å². The summed E-state index contributed by atoms with van der Waals surface area (Å²) in [4.78, 5) is 12.5. The van der Waals surface area contributed by atoms with Crippen LogP contribution in [0.4, 0.5) is 0 Å². The van der Waals surface area contributed by atoms with Crippen LogP contribution in [0.15, 0.2) is 28.1 Å². The maximum absolute atomic E-state index is 12.5. The zero-order valence-electron chi connectivity index (χ0n) is 9.91. The summed E-state index contributed by atoms with van der Waals surface area (Å²) in [6.45, 7) is 1.86. The molecule has 3 rings (SSSR count). The minimum Gasteiger partial charge on any atom is -0.316 e. The maximum atomic E-state index is 12.5. The zero-order chi connectivity index (χ0) is 12.5. The van der Waals surface area contributed by atoms with Crippen LogP contribution < -0.4 is 5.32 Å². The number of carbonyl (C=O) groups is 1. The Bertz CT molecular complexity index is 586. The first-order chi connectivity index (χ1) is 8.77. The van der Waals surface area contributed by atoms with E-state index in [0.29, 0.717) is 5.78 Å². The van der Waals surface area contributed by atoms with Crippen molar-refractivity contribution in [2.45, 2.75) is 12.8 Å². The largest absolute Gasteiger partial charge is 0.316 e. The molecule has 18 heavy (non-hydrogen) atoms. The summed E-state index contributed by atoms with van der Waals surface area (Å²) >= 11 is 5.19. The van der Waals surface area contributed by atoms with Crippen molar-refractivity contribution in [2.24, 2.45) is 5.92 Å². The normalized spacial score (nSPS) is 20.2. The van der Waals surface area contributed by atoms with Gasteiger partial charge in [0.1, 0.15) is 0 Å². The molecule has 4 heteroatoms. The number of benzene rings is 1. The molecule has 0 saturated carbocycles. The number of nitrogens with one attached hydrogen (secondary N) is 1.